The molecule has 7 heteroatoms. The normalized spacial score (nSPS) is 18.5. The Morgan fingerprint density at radius 1 is 1.11 bits per heavy atom. The molecule has 0 aliphatic heterocycles. The van der Waals surface area contributed by atoms with Gasteiger partial charge in [0.15, 0.2) is 11.5 Å². The molecule has 0 radical (unpaired) electrons. The van der Waals surface area contributed by atoms with Gasteiger partial charge in [-0.05, 0) is 48.1 Å². The lowest BCUT2D eigenvalue weighted by Gasteiger charge is -2.12. The summed E-state index contributed by atoms with van der Waals surface area (Å²) in [5.74, 6) is 0.243. The third-order valence-electron chi connectivity index (χ3n) is 4.95. The van der Waals surface area contributed by atoms with Crippen molar-refractivity contribution in [2.75, 3.05) is 20.8 Å². The standard InChI is InChI=1S/C21H22F3NO3/c1-27-18-8-7-13(11-19(18)28-2)9-10-25-20(26)16-12-15(16)14-5-3-4-6-17(14)21(22,23)24/h3-8,11,15-16H,9-10,12H2,1-2H3,(H,25,26). The van der Waals surface area contributed by atoms with E-state index < -0.39 is 17.7 Å². The van der Waals surface area contributed by atoms with E-state index in [-0.39, 0.29) is 17.4 Å². The average molecular weight is 393 g/mol. The Kier molecular flexibility index (Phi) is 5.82. The molecule has 0 saturated heterocycles. The average Bonchev–Trinajstić information content (AvgIpc) is 3.48. The summed E-state index contributed by atoms with van der Waals surface area (Å²) in [4.78, 5) is 12.3. The second-order valence-corrected chi connectivity index (χ2v) is 6.76. The van der Waals surface area contributed by atoms with Gasteiger partial charge in [0.2, 0.25) is 5.91 Å². The number of amides is 1. The van der Waals surface area contributed by atoms with Gasteiger partial charge in [-0.2, -0.15) is 13.2 Å². The van der Waals surface area contributed by atoms with Crippen LogP contribution in [0, 0.1) is 5.92 Å². The maximum Gasteiger partial charge on any atom is 0.416 e. The van der Waals surface area contributed by atoms with Crippen molar-refractivity contribution in [1.29, 1.82) is 0 Å². The molecule has 1 fully saturated rings. The van der Waals surface area contributed by atoms with Gasteiger partial charge in [0.1, 0.15) is 0 Å². The second-order valence-electron chi connectivity index (χ2n) is 6.76. The molecule has 0 spiro atoms. The first-order chi connectivity index (χ1) is 13.3. The fraction of sp³-hybridized carbons (Fsp3) is 0.381. The molecule has 0 heterocycles. The molecule has 2 atom stereocenters. The number of carbonyl (C=O) groups excluding carboxylic acids is 1. The molecule has 0 aromatic heterocycles. The third-order valence-corrected chi connectivity index (χ3v) is 4.95. The van der Waals surface area contributed by atoms with Gasteiger partial charge >= 0.3 is 6.18 Å². The number of carbonyl (C=O) groups is 1. The molecular weight excluding hydrogens is 371 g/mol. The number of methoxy groups -OCH3 is 2. The van der Waals surface area contributed by atoms with E-state index in [0.717, 1.165) is 11.6 Å². The highest BCUT2D eigenvalue weighted by molar-refractivity contribution is 5.83. The molecule has 0 bridgehead atoms. The van der Waals surface area contributed by atoms with Crippen LogP contribution >= 0.6 is 0 Å². The van der Waals surface area contributed by atoms with Crippen LogP contribution in [0.2, 0.25) is 0 Å². The van der Waals surface area contributed by atoms with Gasteiger partial charge in [-0.15, -0.1) is 0 Å². The second kappa shape index (κ2) is 8.12. The van der Waals surface area contributed by atoms with E-state index in [1.54, 1.807) is 26.4 Å². The molecule has 3 rings (SSSR count). The quantitative estimate of drug-likeness (QED) is 0.768. The minimum Gasteiger partial charge on any atom is -0.493 e. The van der Waals surface area contributed by atoms with E-state index in [0.29, 0.717) is 30.9 Å². The number of halogens is 3. The molecule has 1 aliphatic carbocycles. The van der Waals surface area contributed by atoms with Crippen molar-refractivity contribution in [3.05, 3.63) is 59.2 Å². The summed E-state index contributed by atoms with van der Waals surface area (Å²) in [5, 5.41) is 2.82. The zero-order valence-electron chi connectivity index (χ0n) is 15.7. The summed E-state index contributed by atoms with van der Waals surface area (Å²) in [5.41, 5.74) is 0.517. The van der Waals surface area contributed by atoms with E-state index in [1.807, 2.05) is 12.1 Å². The van der Waals surface area contributed by atoms with Crippen LogP contribution in [-0.4, -0.2) is 26.7 Å². The Hall–Kier alpha value is -2.70. The van der Waals surface area contributed by atoms with Gasteiger partial charge in [-0.25, -0.2) is 0 Å². The maximum absolute atomic E-state index is 13.2. The van der Waals surface area contributed by atoms with Gasteiger partial charge in [0.25, 0.3) is 0 Å². The number of hydrogen-bond donors (Lipinski definition) is 1. The Morgan fingerprint density at radius 2 is 1.82 bits per heavy atom. The van der Waals surface area contributed by atoms with Crippen LogP contribution in [0.4, 0.5) is 13.2 Å². The lowest BCUT2D eigenvalue weighted by Crippen LogP contribution is -2.27. The van der Waals surface area contributed by atoms with Gasteiger partial charge in [0, 0.05) is 12.5 Å². The van der Waals surface area contributed by atoms with Gasteiger partial charge in [0.05, 0.1) is 19.8 Å². The smallest absolute Gasteiger partial charge is 0.416 e. The number of hydrogen-bond acceptors (Lipinski definition) is 3. The largest absolute Gasteiger partial charge is 0.493 e. The zero-order chi connectivity index (χ0) is 20.3. The van der Waals surface area contributed by atoms with Crippen LogP contribution < -0.4 is 14.8 Å². The molecule has 1 aliphatic rings. The fourth-order valence-corrected chi connectivity index (χ4v) is 3.40. The fourth-order valence-electron chi connectivity index (χ4n) is 3.40. The Balaban J connectivity index is 1.55. The minimum atomic E-state index is -4.41. The van der Waals surface area contributed by atoms with E-state index in [9.17, 15) is 18.0 Å². The van der Waals surface area contributed by atoms with Crippen LogP contribution in [0.25, 0.3) is 0 Å². The molecular formula is C21H22F3NO3. The van der Waals surface area contributed by atoms with Crippen molar-refractivity contribution < 1.29 is 27.4 Å². The zero-order valence-corrected chi connectivity index (χ0v) is 15.7. The summed E-state index contributed by atoms with van der Waals surface area (Å²) in [6.45, 7) is 0.401. The van der Waals surface area contributed by atoms with Crippen molar-refractivity contribution in [3.63, 3.8) is 0 Å². The summed E-state index contributed by atoms with van der Waals surface area (Å²) in [6.07, 6.45) is -3.38. The van der Waals surface area contributed by atoms with Gasteiger partial charge in [-0.1, -0.05) is 24.3 Å². The van der Waals surface area contributed by atoms with E-state index in [4.69, 9.17) is 9.47 Å². The number of benzene rings is 2. The highest BCUT2D eigenvalue weighted by Crippen LogP contribution is 2.51. The maximum atomic E-state index is 13.2. The van der Waals surface area contributed by atoms with E-state index in [1.165, 1.54) is 12.1 Å². The molecule has 4 nitrogen and oxygen atoms in total. The van der Waals surface area contributed by atoms with E-state index in [2.05, 4.69) is 5.32 Å². The van der Waals surface area contributed by atoms with Gasteiger partial charge < -0.3 is 14.8 Å². The summed E-state index contributed by atoms with van der Waals surface area (Å²) in [6, 6.07) is 11.0. The first kappa shape index (κ1) is 20.0. The molecule has 28 heavy (non-hydrogen) atoms. The molecule has 2 unspecified atom stereocenters. The van der Waals surface area contributed by atoms with E-state index >= 15 is 0 Å². The number of rotatable bonds is 7. The van der Waals surface area contributed by atoms with Crippen molar-refractivity contribution >= 4 is 5.91 Å². The molecule has 2 aromatic carbocycles. The topological polar surface area (TPSA) is 47.6 Å². The lowest BCUT2D eigenvalue weighted by atomic mass is 10.0. The van der Waals surface area contributed by atoms with Crippen molar-refractivity contribution in [1.82, 2.24) is 5.32 Å². The van der Waals surface area contributed by atoms with Crippen LogP contribution in [0.3, 0.4) is 0 Å². The Bertz CT molecular complexity index is 851. The molecule has 150 valence electrons. The van der Waals surface area contributed by atoms with Crippen molar-refractivity contribution in [2.24, 2.45) is 5.92 Å². The van der Waals surface area contributed by atoms with Crippen molar-refractivity contribution in [2.45, 2.75) is 24.9 Å². The number of ether oxygens (including phenoxy) is 2. The molecule has 1 N–H and O–H groups in total. The third kappa shape index (κ3) is 4.40. The van der Waals surface area contributed by atoms with Crippen LogP contribution in [-0.2, 0) is 17.4 Å². The SMILES string of the molecule is COc1ccc(CCNC(=O)C2CC2c2ccccc2C(F)(F)F)cc1OC. The Morgan fingerprint density at radius 3 is 2.50 bits per heavy atom. The number of nitrogens with one attached hydrogen (secondary N) is 1. The van der Waals surface area contributed by atoms with Gasteiger partial charge in [-0.3, -0.25) is 4.79 Å². The predicted molar refractivity (Wildman–Crippen MR) is 98.6 cm³/mol. The first-order valence-corrected chi connectivity index (χ1v) is 9.00. The molecule has 1 saturated carbocycles. The van der Waals surface area contributed by atoms with Crippen LogP contribution in [0.15, 0.2) is 42.5 Å². The molecule has 1 amide bonds. The molecule has 2 aromatic rings. The van der Waals surface area contributed by atoms with Crippen LogP contribution in [0.1, 0.15) is 29.0 Å². The summed E-state index contributed by atoms with van der Waals surface area (Å²) >= 11 is 0. The first-order valence-electron chi connectivity index (χ1n) is 9.00. The Labute approximate surface area is 161 Å². The summed E-state index contributed by atoms with van der Waals surface area (Å²) < 4.78 is 49.9. The lowest BCUT2D eigenvalue weighted by molar-refractivity contribution is -0.138. The summed E-state index contributed by atoms with van der Waals surface area (Å²) in [7, 11) is 3.11. The minimum absolute atomic E-state index is 0.204. The predicted octanol–water partition coefficient (Wildman–Crippen LogP) is 4.19. The monoisotopic (exact) mass is 393 g/mol. The van der Waals surface area contributed by atoms with Crippen LogP contribution in [0.5, 0.6) is 11.5 Å². The highest BCUT2D eigenvalue weighted by atomic mass is 19.4. The number of alkyl halides is 3. The van der Waals surface area contributed by atoms with Crippen molar-refractivity contribution in [3.8, 4) is 11.5 Å². The highest BCUT2D eigenvalue weighted by Gasteiger charge is 2.47.